The number of amides is 1. The summed E-state index contributed by atoms with van der Waals surface area (Å²) in [5.74, 6) is 0.577. The van der Waals surface area contributed by atoms with Gasteiger partial charge in [-0.05, 0) is 42.7 Å². The van der Waals surface area contributed by atoms with Crippen LogP contribution in [0.2, 0.25) is 0 Å². The predicted octanol–water partition coefficient (Wildman–Crippen LogP) is 2.97. The van der Waals surface area contributed by atoms with Crippen molar-refractivity contribution in [2.75, 3.05) is 11.5 Å². The van der Waals surface area contributed by atoms with Gasteiger partial charge >= 0.3 is 0 Å². The molecule has 1 unspecified atom stereocenters. The number of hydrogen-bond acceptors (Lipinski definition) is 4. The molecule has 1 amide bonds. The van der Waals surface area contributed by atoms with Crippen LogP contribution >= 0.6 is 0 Å². The summed E-state index contributed by atoms with van der Waals surface area (Å²) in [7, 11) is -3.05. The van der Waals surface area contributed by atoms with Crippen LogP contribution in [-0.2, 0) is 21.2 Å². The molecule has 1 fully saturated rings. The zero-order valence-corrected chi connectivity index (χ0v) is 16.0. The molecule has 1 saturated heterocycles. The first-order valence-corrected chi connectivity index (χ1v) is 10.6. The van der Waals surface area contributed by atoms with Gasteiger partial charge in [0.2, 0.25) is 5.91 Å². The maximum atomic E-state index is 12.1. The lowest BCUT2D eigenvalue weighted by Crippen LogP contribution is -2.46. The zero-order valence-electron chi connectivity index (χ0n) is 15.2. The number of benzene rings is 2. The molecule has 0 aromatic heterocycles. The first kappa shape index (κ1) is 19.2. The highest BCUT2D eigenvalue weighted by atomic mass is 32.2. The van der Waals surface area contributed by atoms with Crippen molar-refractivity contribution in [3.05, 3.63) is 71.8 Å². The summed E-state index contributed by atoms with van der Waals surface area (Å²) in [6.45, 7) is 2.27. The van der Waals surface area contributed by atoms with Gasteiger partial charge in [0, 0.05) is 6.08 Å². The van der Waals surface area contributed by atoms with Crippen LogP contribution < -0.4 is 10.1 Å². The van der Waals surface area contributed by atoms with E-state index in [0.29, 0.717) is 13.0 Å². The molecular formula is C21H23NO4S. The fourth-order valence-corrected chi connectivity index (χ4v) is 5.13. The maximum absolute atomic E-state index is 12.1. The highest BCUT2D eigenvalue weighted by molar-refractivity contribution is 7.91. The van der Waals surface area contributed by atoms with E-state index in [9.17, 15) is 13.2 Å². The Balaban J connectivity index is 1.52. The van der Waals surface area contributed by atoms with Crippen molar-refractivity contribution in [1.29, 1.82) is 0 Å². The number of carbonyl (C=O) groups is 1. The van der Waals surface area contributed by atoms with Gasteiger partial charge in [-0.25, -0.2) is 8.42 Å². The van der Waals surface area contributed by atoms with Crippen LogP contribution in [0.3, 0.4) is 0 Å². The lowest BCUT2D eigenvalue weighted by atomic mass is 10.0. The molecule has 0 saturated carbocycles. The number of hydrogen-bond donors (Lipinski definition) is 1. The molecular weight excluding hydrogens is 362 g/mol. The fourth-order valence-electron chi connectivity index (χ4n) is 3.04. The maximum Gasteiger partial charge on any atom is 0.244 e. The number of ether oxygens (including phenoxy) is 1. The number of nitrogens with one attached hydrogen (secondary N) is 1. The first-order chi connectivity index (χ1) is 12.8. The Kier molecular flexibility index (Phi) is 5.65. The van der Waals surface area contributed by atoms with Gasteiger partial charge in [0.1, 0.15) is 12.4 Å². The van der Waals surface area contributed by atoms with Crippen LogP contribution in [0.5, 0.6) is 5.75 Å². The van der Waals surface area contributed by atoms with Gasteiger partial charge < -0.3 is 10.1 Å². The summed E-state index contributed by atoms with van der Waals surface area (Å²) in [5.41, 5.74) is 1.28. The van der Waals surface area contributed by atoms with Crippen molar-refractivity contribution in [1.82, 2.24) is 5.32 Å². The summed E-state index contributed by atoms with van der Waals surface area (Å²) in [5, 5.41) is 2.80. The molecule has 1 heterocycles. The molecule has 2 aromatic rings. The minimum Gasteiger partial charge on any atom is -0.489 e. The third-order valence-electron chi connectivity index (χ3n) is 4.48. The quantitative estimate of drug-likeness (QED) is 0.776. The largest absolute Gasteiger partial charge is 0.489 e. The summed E-state index contributed by atoms with van der Waals surface area (Å²) in [6.07, 6.45) is 3.57. The van der Waals surface area contributed by atoms with E-state index in [4.69, 9.17) is 4.74 Å². The normalized spacial score (nSPS) is 21.2. The van der Waals surface area contributed by atoms with Crippen molar-refractivity contribution < 1.29 is 17.9 Å². The third-order valence-corrected chi connectivity index (χ3v) is 6.39. The minimum atomic E-state index is -3.05. The Hall–Kier alpha value is -2.60. The summed E-state index contributed by atoms with van der Waals surface area (Å²) in [4.78, 5) is 12.1. The van der Waals surface area contributed by atoms with Crippen LogP contribution in [0.15, 0.2) is 60.7 Å². The number of rotatable bonds is 6. The van der Waals surface area contributed by atoms with Crippen molar-refractivity contribution in [2.45, 2.75) is 25.5 Å². The summed E-state index contributed by atoms with van der Waals surface area (Å²) in [6, 6.07) is 17.4. The van der Waals surface area contributed by atoms with E-state index in [1.807, 2.05) is 54.6 Å². The van der Waals surface area contributed by atoms with Gasteiger partial charge in [-0.1, -0.05) is 42.5 Å². The lowest BCUT2D eigenvalue weighted by molar-refractivity contribution is -0.117. The second-order valence-electron chi connectivity index (χ2n) is 7.07. The standard InChI is InChI=1S/C21H23NO4S/c1-21(13-14-27(24,25)16-21)22-20(23)12-9-17-7-10-19(11-8-17)26-15-18-5-3-2-4-6-18/h2-12H,13-16H2,1H3,(H,22,23)/b12-9+. The zero-order chi connectivity index (χ0) is 19.3. The molecule has 0 spiro atoms. The molecule has 1 atom stereocenters. The minimum absolute atomic E-state index is 0.00691. The van der Waals surface area contributed by atoms with Crippen LogP contribution in [0.25, 0.3) is 6.08 Å². The van der Waals surface area contributed by atoms with Crippen LogP contribution in [0.1, 0.15) is 24.5 Å². The molecule has 1 aliphatic rings. The fraction of sp³-hybridized carbons (Fsp3) is 0.286. The molecule has 1 N–H and O–H groups in total. The first-order valence-electron chi connectivity index (χ1n) is 8.81. The van der Waals surface area contributed by atoms with Crippen molar-refractivity contribution >= 4 is 21.8 Å². The van der Waals surface area contributed by atoms with Gasteiger partial charge in [-0.3, -0.25) is 4.79 Å². The van der Waals surface area contributed by atoms with E-state index in [2.05, 4.69) is 5.32 Å². The van der Waals surface area contributed by atoms with Gasteiger partial charge in [0.25, 0.3) is 0 Å². The van der Waals surface area contributed by atoms with E-state index >= 15 is 0 Å². The van der Waals surface area contributed by atoms with Gasteiger partial charge in [-0.15, -0.1) is 0 Å². The predicted molar refractivity (Wildman–Crippen MR) is 106 cm³/mol. The number of sulfone groups is 1. The second-order valence-corrected chi connectivity index (χ2v) is 9.25. The topological polar surface area (TPSA) is 72.5 Å². The molecule has 6 heteroatoms. The van der Waals surface area contributed by atoms with E-state index < -0.39 is 15.4 Å². The third kappa shape index (κ3) is 5.69. The Labute approximate surface area is 160 Å². The SMILES string of the molecule is CC1(NC(=O)/C=C/c2ccc(OCc3ccccc3)cc2)CCS(=O)(=O)C1. The monoisotopic (exact) mass is 385 g/mol. The lowest BCUT2D eigenvalue weighted by Gasteiger charge is -2.22. The van der Waals surface area contributed by atoms with Crippen LogP contribution in [-0.4, -0.2) is 31.4 Å². The van der Waals surface area contributed by atoms with Crippen LogP contribution in [0.4, 0.5) is 0 Å². The van der Waals surface area contributed by atoms with Gasteiger partial charge in [0.15, 0.2) is 9.84 Å². The Morgan fingerprint density at radius 2 is 1.85 bits per heavy atom. The smallest absolute Gasteiger partial charge is 0.244 e. The molecule has 1 aliphatic heterocycles. The van der Waals surface area contributed by atoms with E-state index in [1.54, 1.807) is 13.0 Å². The van der Waals surface area contributed by atoms with Crippen molar-refractivity contribution in [3.63, 3.8) is 0 Å². The van der Waals surface area contributed by atoms with Crippen molar-refractivity contribution in [2.24, 2.45) is 0 Å². The summed E-state index contributed by atoms with van der Waals surface area (Å²) >= 11 is 0. The average Bonchev–Trinajstić information content (AvgIpc) is 2.92. The van der Waals surface area contributed by atoms with Gasteiger partial charge in [0.05, 0.1) is 17.0 Å². The molecule has 2 aromatic carbocycles. The van der Waals surface area contributed by atoms with E-state index in [1.165, 1.54) is 6.08 Å². The molecule has 0 aliphatic carbocycles. The van der Waals surface area contributed by atoms with Crippen molar-refractivity contribution in [3.8, 4) is 5.75 Å². The molecule has 27 heavy (non-hydrogen) atoms. The van der Waals surface area contributed by atoms with E-state index in [-0.39, 0.29) is 17.4 Å². The molecule has 142 valence electrons. The van der Waals surface area contributed by atoms with Crippen LogP contribution in [0, 0.1) is 0 Å². The highest BCUT2D eigenvalue weighted by Crippen LogP contribution is 2.22. The average molecular weight is 385 g/mol. The molecule has 5 nitrogen and oxygen atoms in total. The second kappa shape index (κ2) is 7.96. The van der Waals surface area contributed by atoms with Gasteiger partial charge in [-0.2, -0.15) is 0 Å². The Morgan fingerprint density at radius 1 is 1.15 bits per heavy atom. The summed E-state index contributed by atoms with van der Waals surface area (Å²) < 4.78 is 28.9. The Morgan fingerprint density at radius 3 is 2.48 bits per heavy atom. The Bertz CT molecular complexity index is 920. The molecule has 3 rings (SSSR count). The number of carbonyl (C=O) groups excluding carboxylic acids is 1. The highest BCUT2D eigenvalue weighted by Gasteiger charge is 2.39. The molecule has 0 bridgehead atoms. The molecule has 0 radical (unpaired) electrons. The van der Waals surface area contributed by atoms with E-state index in [0.717, 1.165) is 16.9 Å².